The van der Waals surface area contributed by atoms with Gasteiger partial charge in [0, 0.05) is 18.3 Å². The van der Waals surface area contributed by atoms with Crippen molar-refractivity contribution in [3.63, 3.8) is 0 Å². The summed E-state index contributed by atoms with van der Waals surface area (Å²) in [6.45, 7) is -0.233. The number of rotatable bonds is 6. The lowest BCUT2D eigenvalue weighted by molar-refractivity contribution is -0.114. The molecule has 0 unspecified atom stereocenters. The van der Waals surface area contributed by atoms with E-state index in [4.69, 9.17) is 5.14 Å². The second-order valence-corrected chi connectivity index (χ2v) is 8.41. The van der Waals surface area contributed by atoms with Crippen LogP contribution in [0.3, 0.4) is 0 Å². The Labute approximate surface area is 162 Å². The first-order chi connectivity index (χ1) is 13.3. The first-order valence-corrected chi connectivity index (χ1v) is 10.3. The third-order valence-electron chi connectivity index (χ3n) is 3.64. The number of halogens is 1. The summed E-state index contributed by atoms with van der Waals surface area (Å²) in [6, 6.07) is 8.11. The fourth-order valence-electron chi connectivity index (χ4n) is 2.33. The maximum Gasteiger partial charge on any atom is 0.276 e. The van der Waals surface area contributed by atoms with Gasteiger partial charge in [0.05, 0.1) is 16.0 Å². The average Bonchev–Trinajstić information content (AvgIpc) is 3.04. The van der Waals surface area contributed by atoms with E-state index in [1.54, 1.807) is 24.3 Å². The molecule has 146 valence electrons. The summed E-state index contributed by atoms with van der Waals surface area (Å²) < 4.78 is 35.5. The molecule has 0 aliphatic rings. The van der Waals surface area contributed by atoms with E-state index in [1.165, 1.54) is 12.3 Å². The molecule has 2 heterocycles. The van der Waals surface area contributed by atoms with E-state index < -0.39 is 27.6 Å². The van der Waals surface area contributed by atoms with E-state index in [0.29, 0.717) is 15.8 Å². The van der Waals surface area contributed by atoms with Crippen LogP contribution in [-0.2, 0) is 14.8 Å². The van der Waals surface area contributed by atoms with Crippen LogP contribution in [0.1, 0.15) is 5.01 Å². The van der Waals surface area contributed by atoms with E-state index in [9.17, 15) is 22.8 Å². The number of nitrogens with one attached hydrogen (secondary N) is 1. The summed E-state index contributed by atoms with van der Waals surface area (Å²) in [5.41, 5.74) is 1.70. The normalized spacial score (nSPS) is 12.3. The van der Waals surface area contributed by atoms with E-state index in [1.807, 2.05) is 0 Å². The number of primary sulfonamides is 1. The van der Waals surface area contributed by atoms with Crippen molar-refractivity contribution >= 4 is 43.2 Å². The zero-order valence-corrected chi connectivity index (χ0v) is 15.8. The third kappa shape index (κ3) is 4.65. The molecule has 12 heteroatoms. The van der Waals surface area contributed by atoms with Crippen LogP contribution in [0, 0.1) is 5.95 Å². The SMILES string of the molecule is NS(=O)(=O)CCNC(=O)/C(=N/O)c1nc2ccc(-c3ccc(F)nc3)cc2s1. The molecule has 0 saturated carbocycles. The number of nitrogens with zero attached hydrogens (tertiary/aromatic N) is 3. The van der Waals surface area contributed by atoms with Gasteiger partial charge in [0.2, 0.25) is 21.7 Å². The molecule has 0 aliphatic carbocycles. The minimum Gasteiger partial charge on any atom is -0.410 e. The molecule has 3 rings (SSSR count). The highest BCUT2D eigenvalue weighted by molar-refractivity contribution is 7.89. The standard InChI is InChI=1S/C16H14FN5O4S2/c17-13-4-2-10(8-20-13)9-1-3-11-12(7-9)27-16(21-11)14(22-24)15(23)19-5-6-28(18,25)26/h1-4,7-8,24H,5-6H2,(H,19,23)(H2,18,25,26)/b22-14-. The van der Waals surface area contributed by atoms with Gasteiger partial charge in [-0.1, -0.05) is 11.2 Å². The van der Waals surface area contributed by atoms with E-state index >= 15 is 0 Å². The average molecular weight is 423 g/mol. The van der Waals surface area contributed by atoms with Crippen molar-refractivity contribution in [3.05, 3.63) is 47.5 Å². The molecule has 9 nitrogen and oxygen atoms in total. The van der Waals surface area contributed by atoms with Crippen molar-refractivity contribution in [1.29, 1.82) is 0 Å². The lowest BCUT2D eigenvalue weighted by atomic mass is 10.1. The molecule has 1 amide bonds. The highest BCUT2D eigenvalue weighted by atomic mass is 32.2. The Bertz CT molecular complexity index is 1160. The number of thiazole rings is 1. The molecule has 0 bridgehead atoms. The largest absolute Gasteiger partial charge is 0.410 e. The molecule has 0 fully saturated rings. The number of amides is 1. The quantitative estimate of drug-likeness (QED) is 0.234. The molecule has 28 heavy (non-hydrogen) atoms. The van der Waals surface area contributed by atoms with Crippen molar-refractivity contribution < 1.29 is 22.8 Å². The number of nitrogens with two attached hydrogens (primary N) is 1. The molecule has 0 spiro atoms. The number of hydrogen-bond donors (Lipinski definition) is 3. The number of carbonyl (C=O) groups excluding carboxylic acids is 1. The fourth-order valence-corrected chi connectivity index (χ4v) is 3.70. The number of hydrogen-bond acceptors (Lipinski definition) is 8. The summed E-state index contributed by atoms with van der Waals surface area (Å²) in [5.74, 6) is -1.82. The molecule has 1 aromatic carbocycles. The molecule has 0 saturated heterocycles. The Morgan fingerprint density at radius 2 is 2.04 bits per heavy atom. The van der Waals surface area contributed by atoms with Crippen LogP contribution in [0.5, 0.6) is 0 Å². The zero-order chi connectivity index (χ0) is 20.3. The fraction of sp³-hybridized carbons (Fsp3) is 0.125. The summed E-state index contributed by atoms with van der Waals surface area (Å²) in [4.78, 5) is 20.0. The minimum atomic E-state index is -3.73. The first kappa shape index (κ1) is 19.8. The van der Waals surface area contributed by atoms with Gasteiger partial charge in [-0.05, 0) is 29.8 Å². The van der Waals surface area contributed by atoms with E-state index in [-0.39, 0.29) is 17.3 Å². The number of aromatic nitrogens is 2. The Kier molecular flexibility index (Phi) is 5.63. The second kappa shape index (κ2) is 7.96. The number of fused-ring (bicyclic) bond motifs is 1. The lowest BCUT2D eigenvalue weighted by Gasteiger charge is -2.03. The van der Waals surface area contributed by atoms with Gasteiger partial charge in [-0.25, -0.2) is 23.5 Å². The summed E-state index contributed by atoms with van der Waals surface area (Å²) in [7, 11) is -3.73. The molecule has 0 atom stereocenters. The lowest BCUT2D eigenvalue weighted by Crippen LogP contribution is -2.36. The molecule has 0 radical (unpaired) electrons. The van der Waals surface area contributed by atoms with E-state index in [2.05, 4.69) is 20.4 Å². The number of oxime groups is 1. The van der Waals surface area contributed by atoms with Crippen LogP contribution in [0.2, 0.25) is 0 Å². The highest BCUT2D eigenvalue weighted by Gasteiger charge is 2.20. The molecule has 0 aliphatic heterocycles. The van der Waals surface area contributed by atoms with Gasteiger partial charge in [0.25, 0.3) is 5.91 Å². The number of carbonyl (C=O) groups is 1. The zero-order valence-electron chi connectivity index (χ0n) is 14.2. The predicted octanol–water partition coefficient (Wildman–Crippen LogP) is 1.08. The van der Waals surface area contributed by atoms with Crippen molar-refractivity contribution in [3.8, 4) is 11.1 Å². The molecule has 3 aromatic rings. The Balaban J connectivity index is 1.84. The minimum absolute atomic E-state index is 0.153. The number of pyridine rings is 1. The van der Waals surface area contributed by atoms with Gasteiger partial charge in [0.1, 0.15) is 0 Å². The summed E-state index contributed by atoms with van der Waals surface area (Å²) >= 11 is 1.11. The topological polar surface area (TPSA) is 148 Å². The number of benzene rings is 1. The Morgan fingerprint density at radius 1 is 1.29 bits per heavy atom. The van der Waals surface area contributed by atoms with Crippen LogP contribution >= 0.6 is 11.3 Å². The van der Waals surface area contributed by atoms with Gasteiger partial charge in [0.15, 0.2) is 5.01 Å². The van der Waals surface area contributed by atoms with Gasteiger partial charge >= 0.3 is 0 Å². The Hall–Kier alpha value is -2.96. The maximum atomic E-state index is 13.0. The van der Waals surface area contributed by atoms with E-state index in [0.717, 1.165) is 16.9 Å². The molecule has 4 N–H and O–H groups in total. The third-order valence-corrected chi connectivity index (χ3v) is 5.44. The molecular formula is C16H14FN5O4S2. The van der Waals surface area contributed by atoms with Crippen molar-refractivity contribution in [2.24, 2.45) is 10.3 Å². The summed E-state index contributed by atoms with van der Waals surface area (Å²) in [5, 5.41) is 19.5. The molecular weight excluding hydrogens is 409 g/mol. The smallest absolute Gasteiger partial charge is 0.276 e. The Morgan fingerprint density at radius 3 is 2.68 bits per heavy atom. The van der Waals surface area contributed by atoms with Crippen LogP contribution in [-0.4, -0.2) is 47.5 Å². The summed E-state index contributed by atoms with van der Waals surface area (Å²) in [6.07, 6.45) is 1.40. The molecule has 2 aromatic heterocycles. The monoisotopic (exact) mass is 423 g/mol. The predicted molar refractivity (Wildman–Crippen MR) is 102 cm³/mol. The highest BCUT2D eigenvalue weighted by Crippen LogP contribution is 2.28. The van der Waals surface area contributed by atoms with Crippen molar-refractivity contribution in [2.45, 2.75) is 0 Å². The van der Waals surface area contributed by atoms with Gasteiger partial charge < -0.3 is 10.5 Å². The van der Waals surface area contributed by atoms with Gasteiger partial charge in [-0.15, -0.1) is 11.3 Å². The van der Waals surface area contributed by atoms with Crippen LogP contribution in [0.15, 0.2) is 41.7 Å². The number of sulfonamides is 1. The maximum absolute atomic E-state index is 13.0. The van der Waals surface area contributed by atoms with Crippen LogP contribution < -0.4 is 10.5 Å². The van der Waals surface area contributed by atoms with Crippen molar-refractivity contribution in [1.82, 2.24) is 15.3 Å². The van der Waals surface area contributed by atoms with Gasteiger partial charge in [-0.2, -0.15) is 4.39 Å². The second-order valence-electron chi connectivity index (χ2n) is 5.64. The van der Waals surface area contributed by atoms with Crippen LogP contribution in [0.25, 0.3) is 21.3 Å². The van der Waals surface area contributed by atoms with Crippen molar-refractivity contribution in [2.75, 3.05) is 12.3 Å². The van der Waals surface area contributed by atoms with Gasteiger partial charge in [-0.3, -0.25) is 4.79 Å². The van der Waals surface area contributed by atoms with Crippen LogP contribution in [0.4, 0.5) is 4.39 Å². The first-order valence-electron chi connectivity index (χ1n) is 7.80.